The second kappa shape index (κ2) is 8.12. The number of hydrogen-bond donors (Lipinski definition) is 2. The Morgan fingerprint density at radius 2 is 1.96 bits per heavy atom. The lowest BCUT2D eigenvalue weighted by Gasteiger charge is -2.28. The standard InChI is InChI=1S/C20H23N3O3/c1-20(2,23-11-18(24)16-4-3-9-21-10-16)13-25-17-7-5-15(6-8-17)19-12-22-14-26-19/h3-10,12,14,18,23-24H,11,13H2,1-2H3/t18-/m0/s1. The highest BCUT2D eigenvalue weighted by molar-refractivity contribution is 5.57. The van der Waals surface area contributed by atoms with Crippen LogP contribution in [0, 0.1) is 0 Å². The molecule has 2 heterocycles. The van der Waals surface area contributed by atoms with Gasteiger partial charge in [-0.25, -0.2) is 4.98 Å². The molecule has 0 aliphatic carbocycles. The monoisotopic (exact) mass is 353 g/mol. The quantitative estimate of drug-likeness (QED) is 0.647. The van der Waals surface area contributed by atoms with Crippen LogP contribution in [0.15, 0.2) is 65.8 Å². The highest BCUT2D eigenvalue weighted by Crippen LogP contribution is 2.22. The molecule has 0 bridgehead atoms. The lowest BCUT2D eigenvalue weighted by molar-refractivity contribution is 0.142. The van der Waals surface area contributed by atoms with E-state index in [-0.39, 0.29) is 5.54 Å². The van der Waals surface area contributed by atoms with Crippen molar-refractivity contribution in [2.45, 2.75) is 25.5 Å². The Bertz CT molecular complexity index is 787. The fraction of sp³-hybridized carbons (Fsp3) is 0.300. The predicted molar refractivity (Wildman–Crippen MR) is 98.7 cm³/mol. The number of aliphatic hydroxyl groups excluding tert-OH is 1. The van der Waals surface area contributed by atoms with Crippen molar-refractivity contribution < 1.29 is 14.3 Å². The Hall–Kier alpha value is -2.70. The molecule has 0 aliphatic rings. The van der Waals surface area contributed by atoms with Crippen molar-refractivity contribution in [3.8, 4) is 17.1 Å². The molecular weight excluding hydrogens is 330 g/mol. The second-order valence-corrected chi connectivity index (χ2v) is 6.75. The van der Waals surface area contributed by atoms with Gasteiger partial charge in [0.05, 0.1) is 12.3 Å². The number of oxazole rings is 1. The van der Waals surface area contributed by atoms with Gasteiger partial charge >= 0.3 is 0 Å². The van der Waals surface area contributed by atoms with Crippen molar-refractivity contribution in [1.29, 1.82) is 0 Å². The Balaban J connectivity index is 1.50. The summed E-state index contributed by atoms with van der Waals surface area (Å²) in [5, 5.41) is 13.6. The zero-order chi connectivity index (χ0) is 18.4. The van der Waals surface area contributed by atoms with E-state index in [0.717, 1.165) is 22.6 Å². The van der Waals surface area contributed by atoms with E-state index in [4.69, 9.17) is 9.15 Å². The summed E-state index contributed by atoms with van der Waals surface area (Å²) in [6, 6.07) is 11.3. The minimum absolute atomic E-state index is 0.299. The van der Waals surface area contributed by atoms with E-state index in [0.29, 0.717) is 13.2 Å². The van der Waals surface area contributed by atoms with Gasteiger partial charge in [0, 0.05) is 35.6 Å². The topological polar surface area (TPSA) is 80.4 Å². The van der Waals surface area contributed by atoms with Gasteiger partial charge in [0.15, 0.2) is 12.2 Å². The number of benzene rings is 1. The Morgan fingerprint density at radius 1 is 1.15 bits per heavy atom. The Kier molecular flexibility index (Phi) is 5.65. The molecule has 6 heteroatoms. The van der Waals surface area contributed by atoms with Crippen LogP contribution in [0.4, 0.5) is 0 Å². The van der Waals surface area contributed by atoms with Crippen LogP contribution in [0.5, 0.6) is 5.75 Å². The van der Waals surface area contributed by atoms with Crippen LogP contribution in [0.2, 0.25) is 0 Å². The van der Waals surface area contributed by atoms with Crippen molar-refractivity contribution in [3.63, 3.8) is 0 Å². The number of nitrogens with one attached hydrogen (secondary N) is 1. The molecule has 0 amide bonds. The molecule has 0 saturated heterocycles. The zero-order valence-corrected chi connectivity index (χ0v) is 14.9. The number of aliphatic hydroxyl groups is 1. The summed E-state index contributed by atoms with van der Waals surface area (Å²) in [6.45, 7) is 4.96. The summed E-state index contributed by atoms with van der Waals surface area (Å²) in [5.41, 5.74) is 1.44. The fourth-order valence-electron chi connectivity index (χ4n) is 2.45. The third kappa shape index (κ3) is 4.91. The molecule has 1 atom stereocenters. The van der Waals surface area contributed by atoms with Crippen molar-refractivity contribution >= 4 is 0 Å². The van der Waals surface area contributed by atoms with Crippen molar-refractivity contribution in [2.24, 2.45) is 0 Å². The molecule has 2 aromatic heterocycles. The number of β-amino-alcohol motifs (C(OH)–C–C–N with tert-alkyl or cyclic N) is 1. The zero-order valence-electron chi connectivity index (χ0n) is 14.9. The van der Waals surface area contributed by atoms with Crippen LogP contribution in [-0.4, -0.2) is 33.8 Å². The molecule has 1 aromatic carbocycles. The van der Waals surface area contributed by atoms with Crippen LogP contribution in [-0.2, 0) is 0 Å². The molecule has 3 rings (SSSR count). The van der Waals surface area contributed by atoms with Crippen LogP contribution < -0.4 is 10.1 Å². The first-order valence-electron chi connectivity index (χ1n) is 8.48. The maximum atomic E-state index is 10.2. The Labute approximate surface area is 152 Å². The van der Waals surface area contributed by atoms with E-state index >= 15 is 0 Å². The van der Waals surface area contributed by atoms with E-state index < -0.39 is 6.10 Å². The first kappa shape index (κ1) is 18.1. The van der Waals surface area contributed by atoms with Gasteiger partial charge in [-0.2, -0.15) is 0 Å². The normalized spacial score (nSPS) is 12.7. The molecule has 136 valence electrons. The van der Waals surface area contributed by atoms with Crippen LogP contribution >= 0.6 is 0 Å². The van der Waals surface area contributed by atoms with Gasteiger partial charge in [-0.3, -0.25) is 4.98 Å². The van der Waals surface area contributed by atoms with E-state index in [9.17, 15) is 5.11 Å². The van der Waals surface area contributed by atoms with Crippen molar-refractivity contribution in [2.75, 3.05) is 13.2 Å². The van der Waals surface area contributed by atoms with Crippen LogP contribution in [0.1, 0.15) is 25.5 Å². The van der Waals surface area contributed by atoms with Gasteiger partial charge in [-0.05, 0) is 44.2 Å². The average Bonchev–Trinajstić information content (AvgIpc) is 3.20. The maximum Gasteiger partial charge on any atom is 0.181 e. The number of rotatable bonds is 8. The van der Waals surface area contributed by atoms with Gasteiger partial charge in [-0.15, -0.1) is 0 Å². The molecule has 0 unspecified atom stereocenters. The molecule has 3 aromatic rings. The first-order valence-corrected chi connectivity index (χ1v) is 8.48. The molecule has 2 N–H and O–H groups in total. The van der Waals surface area contributed by atoms with Gasteiger partial charge in [0.25, 0.3) is 0 Å². The molecule has 6 nitrogen and oxygen atoms in total. The SMILES string of the molecule is CC(C)(COc1ccc(-c2cnco2)cc1)NC[C@H](O)c1cccnc1. The minimum Gasteiger partial charge on any atom is -0.492 e. The van der Waals surface area contributed by atoms with Crippen molar-refractivity contribution in [1.82, 2.24) is 15.3 Å². The van der Waals surface area contributed by atoms with Gasteiger partial charge in [-0.1, -0.05) is 6.07 Å². The smallest absolute Gasteiger partial charge is 0.181 e. The summed E-state index contributed by atoms with van der Waals surface area (Å²) >= 11 is 0. The number of pyridine rings is 1. The Morgan fingerprint density at radius 3 is 2.62 bits per heavy atom. The first-order chi connectivity index (χ1) is 12.5. The highest BCUT2D eigenvalue weighted by Gasteiger charge is 2.20. The average molecular weight is 353 g/mol. The van der Waals surface area contributed by atoms with E-state index in [1.54, 1.807) is 18.6 Å². The second-order valence-electron chi connectivity index (χ2n) is 6.75. The molecule has 0 saturated carbocycles. The van der Waals surface area contributed by atoms with Gasteiger partial charge in [0.2, 0.25) is 0 Å². The van der Waals surface area contributed by atoms with E-state index in [1.807, 2.05) is 50.2 Å². The third-order valence-corrected chi connectivity index (χ3v) is 4.01. The summed E-state index contributed by atoms with van der Waals surface area (Å²) in [5.74, 6) is 1.50. The summed E-state index contributed by atoms with van der Waals surface area (Å²) in [6.07, 6.45) is 5.84. The lowest BCUT2D eigenvalue weighted by atomic mass is 10.1. The van der Waals surface area contributed by atoms with Gasteiger partial charge in [0.1, 0.15) is 12.4 Å². The van der Waals surface area contributed by atoms with Crippen LogP contribution in [0.25, 0.3) is 11.3 Å². The molecular formula is C20H23N3O3. The summed E-state index contributed by atoms with van der Waals surface area (Å²) in [4.78, 5) is 7.94. The fourth-order valence-corrected chi connectivity index (χ4v) is 2.45. The minimum atomic E-state index is -0.607. The number of aromatic nitrogens is 2. The highest BCUT2D eigenvalue weighted by atomic mass is 16.5. The third-order valence-electron chi connectivity index (χ3n) is 4.01. The number of hydrogen-bond acceptors (Lipinski definition) is 6. The number of ether oxygens (including phenoxy) is 1. The van der Waals surface area contributed by atoms with E-state index in [2.05, 4.69) is 15.3 Å². The molecule has 0 radical (unpaired) electrons. The summed E-state index contributed by atoms with van der Waals surface area (Å²) in [7, 11) is 0. The van der Waals surface area contributed by atoms with Crippen molar-refractivity contribution in [3.05, 3.63) is 66.9 Å². The molecule has 0 spiro atoms. The van der Waals surface area contributed by atoms with Gasteiger partial charge < -0.3 is 19.6 Å². The molecule has 0 fully saturated rings. The largest absolute Gasteiger partial charge is 0.492 e. The predicted octanol–water partition coefficient (Wildman–Crippen LogP) is 3.22. The van der Waals surface area contributed by atoms with Crippen LogP contribution in [0.3, 0.4) is 0 Å². The lowest BCUT2D eigenvalue weighted by Crippen LogP contribution is -2.46. The maximum absolute atomic E-state index is 10.2. The number of nitrogens with zero attached hydrogens (tertiary/aromatic N) is 2. The van der Waals surface area contributed by atoms with E-state index in [1.165, 1.54) is 6.39 Å². The summed E-state index contributed by atoms with van der Waals surface area (Å²) < 4.78 is 11.2. The molecule has 0 aliphatic heterocycles. The molecule has 26 heavy (non-hydrogen) atoms.